The number of thiophene rings is 1. The van der Waals surface area contributed by atoms with Gasteiger partial charge in [0.1, 0.15) is 0 Å². The lowest BCUT2D eigenvalue weighted by molar-refractivity contribution is -0.129. The van der Waals surface area contributed by atoms with E-state index in [1.54, 1.807) is 6.92 Å². The van der Waals surface area contributed by atoms with Gasteiger partial charge in [-0.1, -0.05) is 6.07 Å². The zero-order valence-corrected chi connectivity index (χ0v) is 20.6. The van der Waals surface area contributed by atoms with Crippen LogP contribution in [0.3, 0.4) is 0 Å². The van der Waals surface area contributed by atoms with Gasteiger partial charge in [0.25, 0.3) is 5.91 Å². The van der Waals surface area contributed by atoms with Crippen molar-refractivity contribution in [3.8, 4) is 0 Å². The molecule has 1 saturated heterocycles. The summed E-state index contributed by atoms with van der Waals surface area (Å²) in [5, 5.41) is 16.5. The molecule has 182 valence electrons. The van der Waals surface area contributed by atoms with Crippen LogP contribution in [0, 0.1) is 0 Å². The van der Waals surface area contributed by atoms with Gasteiger partial charge in [-0.15, -0.1) is 11.3 Å². The molecule has 5 rings (SSSR count). The van der Waals surface area contributed by atoms with Crippen LogP contribution in [0.25, 0.3) is 0 Å². The van der Waals surface area contributed by atoms with Crippen LogP contribution in [0.15, 0.2) is 29.6 Å². The SMILES string of the molecule is CC(=O)N1CCC(Nc2ccc3c(c2)C(=O)N(CC(O)CN2CCc4sccc4C2)CC3)CC1. The molecule has 2 amide bonds. The van der Waals surface area contributed by atoms with E-state index in [-0.39, 0.29) is 11.8 Å². The molecule has 4 heterocycles. The quantitative estimate of drug-likeness (QED) is 0.662. The molecule has 1 aromatic carbocycles. The molecule has 0 spiro atoms. The number of likely N-dealkylation sites (tertiary alicyclic amines) is 1. The highest BCUT2D eigenvalue weighted by molar-refractivity contribution is 7.10. The standard InChI is InChI=1S/C26H34N4O3S/c1-18(31)29-11-5-21(6-12-29)27-22-3-2-19-4-10-30(26(33)24(19)14-22)17-23(32)16-28-9-7-25-20(15-28)8-13-34-25/h2-3,8,13-14,21,23,27,32H,4-7,9-12,15-17H2,1H3. The van der Waals surface area contributed by atoms with Crippen molar-refractivity contribution in [2.24, 2.45) is 0 Å². The summed E-state index contributed by atoms with van der Waals surface area (Å²) < 4.78 is 0. The summed E-state index contributed by atoms with van der Waals surface area (Å²) in [6, 6.07) is 8.57. The Labute approximate surface area is 205 Å². The van der Waals surface area contributed by atoms with E-state index < -0.39 is 6.10 Å². The van der Waals surface area contributed by atoms with E-state index in [2.05, 4.69) is 33.8 Å². The molecule has 1 unspecified atom stereocenters. The van der Waals surface area contributed by atoms with E-state index in [1.807, 2.05) is 27.2 Å². The van der Waals surface area contributed by atoms with Gasteiger partial charge in [0.2, 0.25) is 5.91 Å². The molecule has 1 fully saturated rings. The van der Waals surface area contributed by atoms with E-state index in [4.69, 9.17) is 0 Å². The minimum atomic E-state index is -0.557. The predicted molar refractivity (Wildman–Crippen MR) is 134 cm³/mol. The van der Waals surface area contributed by atoms with Crippen LogP contribution in [0.2, 0.25) is 0 Å². The van der Waals surface area contributed by atoms with Crippen LogP contribution in [-0.2, 0) is 24.2 Å². The molecular formula is C26H34N4O3S. The Kier molecular flexibility index (Phi) is 6.90. The summed E-state index contributed by atoms with van der Waals surface area (Å²) in [6.45, 7) is 6.61. The third kappa shape index (κ3) is 5.14. The Hall–Kier alpha value is -2.42. The van der Waals surface area contributed by atoms with Crippen LogP contribution in [0.5, 0.6) is 0 Å². The molecule has 0 aliphatic carbocycles. The van der Waals surface area contributed by atoms with Gasteiger partial charge in [0.15, 0.2) is 0 Å². The molecule has 7 nitrogen and oxygen atoms in total. The number of rotatable bonds is 6. The Morgan fingerprint density at radius 2 is 1.94 bits per heavy atom. The fourth-order valence-corrected chi connectivity index (χ4v) is 6.32. The molecule has 3 aliphatic rings. The average molecular weight is 483 g/mol. The maximum atomic E-state index is 13.3. The number of hydrogen-bond acceptors (Lipinski definition) is 6. The fourth-order valence-electron chi connectivity index (χ4n) is 5.43. The largest absolute Gasteiger partial charge is 0.390 e. The number of fused-ring (bicyclic) bond motifs is 2. The molecule has 8 heteroatoms. The zero-order chi connectivity index (χ0) is 23.7. The van der Waals surface area contributed by atoms with E-state index in [9.17, 15) is 14.7 Å². The highest BCUT2D eigenvalue weighted by Crippen LogP contribution is 2.26. The minimum absolute atomic E-state index is 0.00844. The second-order valence-electron chi connectivity index (χ2n) is 9.81. The summed E-state index contributed by atoms with van der Waals surface area (Å²) in [6.07, 6.45) is 3.11. The first kappa shape index (κ1) is 23.3. The van der Waals surface area contributed by atoms with Crippen molar-refractivity contribution in [3.05, 3.63) is 51.2 Å². The van der Waals surface area contributed by atoms with Crippen molar-refractivity contribution in [1.82, 2.24) is 14.7 Å². The molecule has 0 bridgehead atoms. The Bertz CT molecular complexity index is 1050. The predicted octanol–water partition coefficient (Wildman–Crippen LogP) is 2.59. The first-order valence-electron chi connectivity index (χ1n) is 12.4. The van der Waals surface area contributed by atoms with Gasteiger partial charge in [-0.3, -0.25) is 14.5 Å². The van der Waals surface area contributed by atoms with Gasteiger partial charge in [-0.2, -0.15) is 0 Å². The lowest BCUT2D eigenvalue weighted by Crippen LogP contribution is -2.46. The summed E-state index contributed by atoms with van der Waals surface area (Å²) in [4.78, 5) is 32.3. The van der Waals surface area contributed by atoms with Crippen LogP contribution in [-0.4, -0.2) is 83.0 Å². The molecule has 3 aliphatic heterocycles. The number of anilines is 1. The number of benzene rings is 1. The van der Waals surface area contributed by atoms with E-state index in [0.29, 0.717) is 25.7 Å². The third-order valence-corrected chi connectivity index (χ3v) is 8.40. The van der Waals surface area contributed by atoms with E-state index >= 15 is 0 Å². The van der Waals surface area contributed by atoms with Crippen LogP contribution in [0.4, 0.5) is 5.69 Å². The van der Waals surface area contributed by atoms with Gasteiger partial charge in [0, 0.05) is 74.9 Å². The summed E-state index contributed by atoms with van der Waals surface area (Å²) in [5.41, 5.74) is 4.15. The number of piperidine rings is 1. The van der Waals surface area contributed by atoms with Crippen molar-refractivity contribution in [3.63, 3.8) is 0 Å². The van der Waals surface area contributed by atoms with Gasteiger partial charge in [0.05, 0.1) is 6.10 Å². The number of nitrogens with zero attached hydrogens (tertiary/aromatic N) is 3. The second-order valence-corrected chi connectivity index (χ2v) is 10.8. The number of carbonyl (C=O) groups is 2. The van der Waals surface area contributed by atoms with E-state index in [0.717, 1.165) is 68.7 Å². The van der Waals surface area contributed by atoms with Crippen LogP contribution < -0.4 is 5.32 Å². The van der Waals surface area contributed by atoms with Crippen LogP contribution >= 0.6 is 11.3 Å². The summed E-state index contributed by atoms with van der Waals surface area (Å²) in [5.74, 6) is 0.144. The van der Waals surface area contributed by atoms with Gasteiger partial charge in [-0.05, 0) is 60.4 Å². The Morgan fingerprint density at radius 3 is 2.74 bits per heavy atom. The monoisotopic (exact) mass is 482 g/mol. The summed E-state index contributed by atoms with van der Waals surface area (Å²) in [7, 11) is 0. The van der Waals surface area contributed by atoms with Crippen molar-refractivity contribution >= 4 is 28.8 Å². The fraction of sp³-hybridized carbons (Fsp3) is 0.538. The van der Waals surface area contributed by atoms with Gasteiger partial charge >= 0.3 is 0 Å². The number of aliphatic hydroxyl groups is 1. The first-order chi connectivity index (χ1) is 16.5. The molecule has 34 heavy (non-hydrogen) atoms. The molecular weight excluding hydrogens is 448 g/mol. The van der Waals surface area contributed by atoms with Gasteiger partial charge in [-0.25, -0.2) is 0 Å². The topological polar surface area (TPSA) is 76.1 Å². The smallest absolute Gasteiger partial charge is 0.254 e. The van der Waals surface area contributed by atoms with Crippen molar-refractivity contribution in [1.29, 1.82) is 0 Å². The second kappa shape index (κ2) is 10.1. The maximum Gasteiger partial charge on any atom is 0.254 e. The summed E-state index contributed by atoms with van der Waals surface area (Å²) >= 11 is 1.82. The van der Waals surface area contributed by atoms with Crippen LogP contribution in [0.1, 0.15) is 46.1 Å². The molecule has 1 aromatic heterocycles. The number of aliphatic hydroxyl groups excluding tert-OH is 1. The zero-order valence-electron chi connectivity index (χ0n) is 19.8. The number of β-amino-alcohol motifs (C(OH)–C–C–N with tert-alkyl or cyclic N) is 1. The van der Waals surface area contributed by atoms with Gasteiger partial charge < -0.3 is 20.2 Å². The normalized spacial score (nSPS) is 20.1. The number of nitrogens with one attached hydrogen (secondary N) is 1. The number of amides is 2. The molecule has 2 N–H and O–H groups in total. The molecule has 0 radical (unpaired) electrons. The highest BCUT2D eigenvalue weighted by atomic mass is 32.1. The first-order valence-corrected chi connectivity index (χ1v) is 13.2. The van der Waals surface area contributed by atoms with Crippen molar-refractivity contribution in [2.45, 2.75) is 51.3 Å². The Balaban J connectivity index is 1.17. The number of hydrogen-bond donors (Lipinski definition) is 2. The Morgan fingerprint density at radius 1 is 1.12 bits per heavy atom. The molecule has 1 atom stereocenters. The maximum absolute atomic E-state index is 13.3. The molecule has 0 saturated carbocycles. The lowest BCUT2D eigenvalue weighted by Gasteiger charge is -2.34. The number of carbonyl (C=O) groups excluding carboxylic acids is 2. The van der Waals surface area contributed by atoms with Crippen molar-refractivity contribution in [2.75, 3.05) is 44.6 Å². The van der Waals surface area contributed by atoms with Crippen molar-refractivity contribution < 1.29 is 14.7 Å². The lowest BCUT2D eigenvalue weighted by atomic mass is 9.97. The molecule has 2 aromatic rings. The van der Waals surface area contributed by atoms with E-state index in [1.165, 1.54) is 10.4 Å². The highest BCUT2D eigenvalue weighted by Gasteiger charge is 2.28. The minimum Gasteiger partial charge on any atom is -0.390 e. The average Bonchev–Trinajstić information content (AvgIpc) is 3.29. The third-order valence-electron chi connectivity index (χ3n) is 7.38.